The van der Waals surface area contributed by atoms with Crippen LogP contribution >= 0.6 is 0 Å². The summed E-state index contributed by atoms with van der Waals surface area (Å²) in [6.07, 6.45) is 3.13. The fourth-order valence-corrected chi connectivity index (χ4v) is 6.31. The molecule has 0 aliphatic rings. The molecule has 0 fully saturated rings. The third-order valence-electron chi connectivity index (χ3n) is 7.04. The van der Waals surface area contributed by atoms with E-state index in [1.165, 1.54) is 35.0 Å². The molecule has 2 aromatic heterocycles. The van der Waals surface area contributed by atoms with Crippen molar-refractivity contribution in [3.8, 4) is 23.1 Å². The Morgan fingerprint density at radius 3 is 2.46 bits per heavy atom. The zero-order chi connectivity index (χ0) is 29.9. The lowest BCUT2D eigenvalue weighted by Crippen LogP contribution is -2.35. The van der Waals surface area contributed by atoms with Crippen molar-refractivity contribution >= 4 is 9.84 Å². The van der Waals surface area contributed by atoms with Crippen molar-refractivity contribution in [3.63, 3.8) is 0 Å². The number of halogens is 1. The molecular formula is C31H31FN4O4S. The van der Waals surface area contributed by atoms with E-state index in [0.717, 1.165) is 6.42 Å². The summed E-state index contributed by atoms with van der Waals surface area (Å²) in [5.74, 6) is -1.41. The first-order valence-electron chi connectivity index (χ1n) is 13.3. The topological polar surface area (TPSA) is 126 Å². The van der Waals surface area contributed by atoms with Gasteiger partial charge in [0, 0.05) is 18.2 Å². The number of aromatic hydroxyl groups is 1. The highest BCUT2D eigenvalue weighted by Gasteiger charge is 2.33. The van der Waals surface area contributed by atoms with Crippen LogP contribution in [0.15, 0.2) is 75.4 Å². The van der Waals surface area contributed by atoms with Gasteiger partial charge in [0.1, 0.15) is 5.82 Å². The number of sulfone groups is 1. The van der Waals surface area contributed by atoms with Crippen LogP contribution in [0.5, 0.6) is 5.88 Å². The summed E-state index contributed by atoms with van der Waals surface area (Å²) in [7, 11) is -4.52. The highest BCUT2D eigenvalue weighted by molar-refractivity contribution is 7.91. The van der Waals surface area contributed by atoms with E-state index >= 15 is 0 Å². The van der Waals surface area contributed by atoms with Gasteiger partial charge >= 0.3 is 0 Å². The van der Waals surface area contributed by atoms with Gasteiger partial charge in [-0.25, -0.2) is 13.4 Å². The van der Waals surface area contributed by atoms with E-state index in [1.54, 1.807) is 37.3 Å². The Hall–Kier alpha value is -4.36. The number of unbranched alkanes of at least 4 members (excludes halogenated alkanes) is 1. The minimum atomic E-state index is -4.52. The zero-order valence-electron chi connectivity index (χ0n) is 23.3. The van der Waals surface area contributed by atoms with E-state index in [-0.39, 0.29) is 16.6 Å². The third kappa shape index (κ3) is 5.77. The maximum Gasteiger partial charge on any atom is 0.277 e. The quantitative estimate of drug-likeness (QED) is 0.252. The normalized spacial score (nSPS) is 12.3. The van der Waals surface area contributed by atoms with E-state index in [4.69, 9.17) is 0 Å². The van der Waals surface area contributed by atoms with Gasteiger partial charge in [-0.15, -0.1) is 0 Å². The monoisotopic (exact) mass is 574 g/mol. The van der Waals surface area contributed by atoms with Crippen molar-refractivity contribution in [2.75, 3.05) is 0 Å². The molecule has 41 heavy (non-hydrogen) atoms. The predicted molar refractivity (Wildman–Crippen MR) is 153 cm³/mol. The molecule has 0 aliphatic carbocycles. The van der Waals surface area contributed by atoms with Crippen LogP contribution in [0.4, 0.5) is 4.39 Å². The van der Waals surface area contributed by atoms with Gasteiger partial charge < -0.3 is 5.11 Å². The number of aromatic nitrogens is 3. The number of pyridine rings is 1. The van der Waals surface area contributed by atoms with E-state index in [2.05, 4.69) is 16.0 Å². The molecule has 1 N–H and O–H groups in total. The summed E-state index contributed by atoms with van der Waals surface area (Å²) < 4.78 is 43.0. The fourth-order valence-electron chi connectivity index (χ4n) is 4.96. The Bertz CT molecular complexity index is 1790. The van der Waals surface area contributed by atoms with Crippen LogP contribution in [0.1, 0.15) is 62.2 Å². The maximum absolute atomic E-state index is 14.1. The second kappa shape index (κ2) is 12.0. The van der Waals surface area contributed by atoms with Crippen LogP contribution in [0.3, 0.4) is 0 Å². The standard InChI is InChI=1S/C31H31FN4O4S/c1-5-6-10-26-35-30(37)28(31(38)36(26)27(19(2)3)23-9-7-8-21(17-23)18-33)41(39,40)24-13-11-22(12-14-24)25-15-16-34-29(32)20(25)4/h7-9,11-17,19,27,37H,5-6,10H2,1-4H3/t27-/m0/s1. The smallest absolute Gasteiger partial charge is 0.277 e. The largest absolute Gasteiger partial charge is 0.492 e. The second-order valence-corrected chi connectivity index (χ2v) is 12.1. The molecule has 0 aliphatic heterocycles. The van der Waals surface area contributed by atoms with Gasteiger partial charge in [-0.3, -0.25) is 9.36 Å². The Balaban J connectivity index is 1.91. The highest BCUT2D eigenvalue weighted by Crippen LogP contribution is 2.32. The van der Waals surface area contributed by atoms with Gasteiger partial charge in [0.25, 0.3) is 5.56 Å². The Kier molecular flexibility index (Phi) is 8.69. The van der Waals surface area contributed by atoms with Gasteiger partial charge in [0.15, 0.2) is 4.90 Å². The van der Waals surface area contributed by atoms with Crippen LogP contribution < -0.4 is 5.56 Å². The first-order valence-corrected chi connectivity index (χ1v) is 14.8. The average Bonchev–Trinajstić information content (AvgIpc) is 2.94. The zero-order valence-corrected chi connectivity index (χ0v) is 24.1. The summed E-state index contributed by atoms with van der Waals surface area (Å²) in [5, 5.41) is 20.3. The molecule has 0 radical (unpaired) electrons. The molecule has 4 aromatic rings. The molecule has 212 valence electrons. The Morgan fingerprint density at radius 2 is 1.83 bits per heavy atom. The summed E-state index contributed by atoms with van der Waals surface area (Å²) >= 11 is 0. The van der Waals surface area contributed by atoms with E-state index in [0.29, 0.717) is 40.7 Å². The van der Waals surface area contributed by atoms with Crippen LogP contribution in [-0.2, 0) is 16.3 Å². The predicted octanol–water partition coefficient (Wildman–Crippen LogP) is 5.75. The summed E-state index contributed by atoms with van der Waals surface area (Å²) in [5.41, 5.74) is 1.60. The molecule has 8 nitrogen and oxygen atoms in total. The van der Waals surface area contributed by atoms with E-state index in [1.807, 2.05) is 20.8 Å². The molecule has 1 atom stereocenters. The number of benzene rings is 2. The summed E-state index contributed by atoms with van der Waals surface area (Å²) in [4.78, 5) is 20.9. The van der Waals surface area contributed by atoms with Crippen LogP contribution in [0, 0.1) is 30.1 Å². The molecule has 0 spiro atoms. The lowest BCUT2D eigenvalue weighted by Gasteiger charge is -2.27. The number of rotatable bonds is 9. The first kappa shape index (κ1) is 29.6. The minimum absolute atomic E-state index is 0.188. The van der Waals surface area contributed by atoms with Crippen molar-refractivity contribution < 1.29 is 17.9 Å². The van der Waals surface area contributed by atoms with Gasteiger partial charge in [-0.05, 0) is 66.3 Å². The molecular weight excluding hydrogens is 543 g/mol. The molecule has 0 saturated carbocycles. The van der Waals surface area contributed by atoms with Crippen molar-refractivity contribution in [1.29, 1.82) is 5.26 Å². The van der Waals surface area contributed by atoms with Crippen molar-refractivity contribution in [2.45, 2.75) is 62.8 Å². The lowest BCUT2D eigenvalue weighted by molar-refractivity contribution is 0.374. The first-order chi connectivity index (χ1) is 19.5. The average molecular weight is 575 g/mol. The highest BCUT2D eigenvalue weighted by atomic mass is 32.2. The number of nitrogens with zero attached hydrogens (tertiary/aromatic N) is 4. The molecule has 0 amide bonds. The number of aryl methyl sites for hydroxylation is 1. The number of hydrogen-bond donors (Lipinski definition) is 1. The molecule has 2 heterocycles. The fraction of sp³-hybridized carbons (Fsp3) is 0.290. The molecule has 0 unspecified atom stereocenters. The van der Waals surface area contributed by atoms with E-state index < -0.39 is 38.2 Å². The Morgan fingerprint density at radius 1 is 1.12 bits per heavy atom. The van der Waals surface area contributed by atoms with Crippen molar-refractivity contribution in [1.82, 2.24) is 14.5 Å². The van der Waals surface area contributed by atoms with Gasteiger partial charge in [0.2, 0.25) is 21.7 Å². The summed E-state index contributed by atoms with van der Waals surface area (Å²) in [6, 6.07) is 15.5. The number of hydrogen-bond acceptors (Lipinski definition) is 7. The lowest BCUT2D eigenvalue weighted by atomic mass is 9.94. The SMILES string of the molecule is CCCCc1nc(O)c(S(=O)(=O)c2ccc(-c3ccnc(F)c3C)cc2)c(=O)n1[C@H](c1cccc(C#N)c1)C(C)C. The Labute approximate surface area is 238 Å². The van der Waals surface area contributed by atoms with Crippen LogP contribution in [0.2, 0.25) is 0 Å². The molecule has 10 heteroatoms. The maximum atomic E-state index is 14.1. The minimum Gasteiger partial charge on any atom is -0.492 e. The van der Waals surface area contributed by atoms with Crippen molar-refractivity contribution in [2.24, 2.45) is 5.92 Å². The molecule has 0 saturated heterocycles. The van der Waals surface area contributed by atoms with Crippen molar-refractivity contribution in [3.05, 3.63) is 99.6 Å². The van der Waals surface area contributed by atoms with Crippen LogP contribution in [0.25, 0.3) is 11.1 Å². The molecule has 4 rings (SSSR count). The van der Waals surface area contributed by atoms with Gasteiger partial charge in [0.05, 0.1) is 22.6 Å². The summed E-state index contributed by atoms with van der Waals surface area (Å²) in [6.45, 7) is 7.34. The van der Waals surface area contributed by atoms with Gasteiger partial charge in [-0.2, -0.15) is 14.6 Å². The molecule has 0 bridgehead atoms. The second-order valence-electron chi connectivity index (χ2n) is 10.2. The van der Waals surface area contributed by atoms with Crippen LogP contribution in [-0.4, -0.2) is 28.1 Å². The van der Waals surface area contributed by atoms with E-state index in [9.17, 15) is 28.0 Å². The van der Waals surface area contributed by atoms with Gasteiger partial charge in [-0.1, -0.05) is 51.5 Å². The molecule has 2 aromatic carbocycles. The number of nitriles is 1. The third-order valence-corrected chi connectivity index (χ3v) is 8.82.